The Kier molecular flexibility index (Phi) is 2.45. The molecular weight excluding hydrogens is 118 g/mol. The van der Waals surface area contributed by atoms with Gasteiger partial charge in [0.1, 0.15) is 0 Å². The lowest BCUT2D eigenvalue weighted by Crippen LogP contribution is -2.26. The van der Waals surface area contributed by atoms with E-state index in [9.17, 15) is 0 Å². The maximum atomic E-state index is 9.13. The van der Waals surface area contributed by atoms with Crippen molar-refractivity contribution in [2.24, 2.45) is 0 Å². The van der Waals surface area contributed by atoms with Crippen molar-refractivity contribution in [3.63, 3.8) is 0 Å². The zero-order valence-electron chi connectivity index (χ0n) is 5.63. The lowest BCUT2D eigenvalue weighted by molar-refractivity contribution is -0.00196. The van der Waals surface area contributed by atoms with Crippen molar-refractivity contribution in [1.29, 1.82) is 0 Å². The summed E-state index contributed by atoms with van der Waals surface area (Å²) >= 11 is 0. The molecule has 1 saturated heterocycles. The second-order valence-electron chi connectivity index (χ2n) is 2.22. The SMILES string of the molecule is CCO[C@H]1CNC[C@H]1O. The van der Waals surface area contributed by atoms with Crippen LogP contribution in [-0.4, -0.2) is 37.0 Å². The highest BCUT2D eigenvalue weighted by Crippen LogP contribution is 2.03. The van der Waals surface area contributed by atoms with Crippen LogP contribution in [0.25, 0.3) is 0 Å². The van der Waals surface area contributed by atoms with E-state index in [0.29, 0.717) is 13.2 Å². The van der Waals surface area contributed by atoms with Gasteiger partial charge in [0.15, 0.2) is 0 Å². The number of aliphatic hydroxyl groups excluding tert-OH is 1. The van der Waals surface area contributed by atoms with Crippen LogP contribution in [0.2, 0.25) is 0 Å². The Hall–Kier alpha value is -0.120. The summed E-state index contributed by atoms with van der Waals surface area (Å²) in [5.41, 5.74) is 0. The van der Waals surface area contributed by atoms with E-state index in [1.807, 2.05) is 6.92 Å². The van der Waals surface area contributed by atoms with Crippen molar-refractivity contribution in [2.45, 2.75) is 19.1 Å². The molecule has 1 aliphatic rings. The molecule has 3 heteroatoms. The van der Waals surface area contributed by atoms with E-state index in [-0.39, 0.29) is 12.2 Å². The standard InChI is InChI=1S/C6H13NO2/c1-2-9-6-4-7-3-5(6)8/h5-8H,2-4H2,1H3/t5-,6+/m1/s1. The first kappa shape index (κ1) is 6.99. The maximum Gasteiger partial charge on any atom is 0.0970 e. The predicted octanol–water partition coefficient (Wildman–Crippen LogP) is -0.644. The van der Waals surface area contributed by atoms with Gasteiger partial charge in [-0.1, -0.05) is 0 Å². The molecular formula is C6H13NO2. The van der Waals surface area contributed by atoms with E-state index < -0.39 is 0 Å². The molecule has 1 aliphatic heterocycles. The molecule has 0 bridgehead atoms. The first-order valence-electron chi connectivity index (χ1n) is 3.35. The fraction of sp³-hybridized carbons (Fsp3) is 1.00. The van der Waals surface area contributed by atoms with Gasteiger partial charge in [-0.25, -0.2) is 0 Å². The van der Waals surface area contributed by atoms with Crippen molar-refractivity contribution >= 4 is 0 Å². The lowest BCUT2D eigenvalue weighted by atomic mass is 10.3. The van der Waals surface area contributed by atoms with Crippen LogP contribution in [0.5, 0.6) is 0 Å². The van der Waals surface area contributed by atoms with Crippen LogP contribution in [0.15, 0.2) is 0 Å². The molecule has 0 saturated carbocycles. The first-order valence-corrected chi connectivity index (χ1v) is 3.35. The summed E-state index contributed by atoms with van der Waals surface area (Å²) in [6.45, 7) is 4.08. The molecule has 0 spiro atoms. The van der Waals surface area contributed by atoms with Crippen LogP contribution in [0.1, 0.15) is 6.92 Å². The highest BCUT2D eigenvalue weighted by Gasteiger charge is 2.24. The summed E-state index contributed by atoms with van der Waals surface area (Å²) in [6, 6.07) is 0. The fourth-order valence-corrected chi connectivity index (χ4v) is 1.03. The van der Waals surface area contributed by atoms with Crippen LogP contribution in [0, 0.1) is 0 Å². The third kappa shape index (κ3) is 1.64. The number of aliphatic hydroxyl groups is 1. The molecule has 54 valence electrons. The summed E-state index contributed by atoms with van der Waals surface area (Å²) in [4.78, 5) is 0. The Bertz CT molecular complexity index is 87.1. The molecule has 2 atom stereocenters. The van der Waals surface area contributed by atoms with Gasteiger partial charge in [0.25, 0.3) is 0 Å². The molecule has 0 aromatic heterocycles. The average Bonchev–Trinajstić information content (AvgIpc) is 2.18. The summed E-state index contributed by atoms with van der Waals surface area (Å²) in [5.74, 6) is 0. The molecule has 0 unspecified atom stereocenters. The number of hydrogen-bond acceptors (Lipinski definition) is 3. The van der Waals surface area contributed by atoms with E-state index in [0.717, 1.165) is 6.54 Å². The summed E-state index contributed by atoms with van der Waals surface area (Å²) in [5, 5.41) is 12.2. The normalized spacial score (nSPS) is 35.3. The summed E-state index contributed by atoms with van der Waals surface area (Å²) in [7, 11) is 0. The number of nitrogens with one attached hydrogen (secondary N) is 1. The van der Waals surface area contributed by atoms with Crippen LogP contribution in [0.3, 0.4) is 0 Å². The molecule has 1 heterocycles. The Morgan fingerprint density at radius 1 is 1.67 bits per heavy atom. The minimum absolute atomic E-state index is 0.0231. The van der Waals surface area contributed by atoms with Gasteiger partial charge in [-0.3, -0.25) is 0 Å². The van der Waals surface area contributed by atoms with Crippen LogP contribution >= 0.6 is 0 Å². The van der Waals surface area contributed by atoms with Gasteiger partial charge in [-0.05, 0) is 6.92 Å². The molecule has 9 heavy (non-hydrogen) atoms. The highest BCUT2D eigenvalue weighted by atomic mass is 16.5. The second-order valence-corrected chi connectivity index (χ2v) is 2.22. The van der Waals surface area contributed by atoms with Crippen molar-refractivity contribution in [1.82, 2.24) is 5.32 Å². The highest BCUT2D eigenvalue weighted by molar-refractivity contribution is 4.80. The Balaban J connectivity index is 2.22. The summed E-state index contributed by atoms with van der Waals surface area (Å²) in [6.07, 6.45) is -0.278. The molecule has 0 amide bonds. The first-order chi connectivity index (χ1) is 4.34. The molecule has 1 rings (SSSR count). The van der Waals surface area contributed by atoms with Crippen LogP contribution < -0.4 is 5.32 Å². The van der Waals surface area contributed by atoms with E-state index in [2.05, 4.69) is 5.32 Å². The molecule has 0 aliphatic carbocycles. The maximum absolute atomic E-state index is 9.13. The third-order valence-corrected chi connectivity index (χ3v) is 1.51. The largest absolute Gasteiger partial charge is 0.389 e. The Morgan fingerprint density at radius 3 is 2.89 bits per heavy atom. The van der Waals surface area contributed by atoms with Gasteiger partial charge in [-0.2, -0.15) is 0 Å². The molecule has 1 fully saturated rings. The van der Waals surface area contributed by atoms with Gasteiger partial charge in [-0.15, -0.1) is 0 Å². The smallest absolute Gasteiger partial charge is 0.0970 e. The molecule has 3 nitrogen and oxygen atoms in total. The quantitative estimate of drug-likeness (QED) is 0.523. The van der Waals surface area contributed by atoms with E-state index in [1.54, 1.807) is 0 Å². The molecule has 0 radical (unpaired) electrons. The number of β-amino-alcohol motifs (C(OH)–C–C–N with tert-alkyl or cyclic N) is 1. The number of ether oxygens (including phenoxy) is 1. The van der Waals surface area contributed by atoms with Gasteiger partial charge >= 0.3 is 0 Å². The van der Waals surface area contributed by atoms with Crippen molar-refractivity contribution in [3.05, 3.63) is 0 Å². The predicted molar refractivity (Wildman–Crippen MR) is 34.3 cm³/mol. The van der Waals surface area contributed by atoms with E-state index >= 15 is 0 Å². The monoisotopic (exact) mass is 131 g/mol. The van der Waals surface area contributed by atoms with Gasteiger partial charge in [0, 0.05) is 19.7 Å². The van der Waals surface area contributed by atoms with E-state index in [1.165, 1.54) is 0 Å². The van der Waals surface area contributed by atoms with E-state index in [4.69, 9.17) is 9.84 Å². The minimum atomic E-state index is -0.301. The van der Waals surface area contributed by atoms with Gasteiger partial charge < -0.3 is 15.2 Å². The molecule has 0 aromatic carbocycles. The van der Waals surface area contributed by atoms with Gasteiger partial charge in [0.2, 0.25) is 0 Å². The van der Waals surface area contributed by atoms with Gasteiger partial charge in [0.05, 0.1) is 12.2 Å². The number of rotatable bonds is 2. The minimum Gasteiger partial charge on any atom is -0.389 e. The van der Waals surface area contributed by atoms with Crippen LogP contribution in [-0.2, 0) is 4.74 Å². The third-order valence-electron chi connectivity index (χ3n) is 1.51. The molecule has 0 aromatic rings. The van der Waals surface area contributed by atoms with Crippen molar-refractivity contribution < 1.29 is 9.84 Å². The topological polar surface area (TPSA) is 41.5 Å². The lowest BCUT2D eigenvalue weighted by Gasteiger charge is -2.11. The Morgan fingerprint density at radius 2 is 2.44 bits per heavy atom. The zero-order chi connectivity index (χ0) is 6.69. The fourth-order valence-electron chi connectivity index (χ4n) is 1.03. The zero-order valence-corrected chi connectivity index (χ0v) is 5.63. The second kappa shape index (κ2) is 3.15. The van der Waals surface area contributed by atoms with Crippen molar-refractivity contribution in [2.75, 3.05) is 19.7 Å². The Labute approximate surface area is 55.0 Å². The van der Waals surface area contributed by atoms with Crippen molar-refractivity contribution in [3.8, 4) is 0 Å². The average molecular weight is 131 g/mol. The number of hydrogen-bond donors (Lipinski definition) is 2. The van der Waals surface area contributed by atoms with Crippen LogP contribution in [0.4, 0.5) is 0 Å². The summed E-state index contributed by atoms with van der Waals surface area (Å²) < 4.78 is 5.20. The molecule has 2 N–H and O–H groups in total.